The van der Waals surface area contributed by atoms with Crippen molar-refractivity contribution >= 4 is 11.7 Å². The summed E-state index contributed by atoms with van der Waals surface area (Å²) in [5.74, 6) is 1.25. The van der Waals surface area contributed by atoms with Crippen LogP contribution >= 0.6 is 0 Å². The SMILES string of the molecule is Cc1ccc(C(=O)Nc2cccc(-c3nnc4n3C(C)CC4)n2)c(F)c1-n1cnc(C2CC2)c1. The minimum atomic E-state index is -0.586. The highest BCUT2D eigenvalue weighted by molar-refractivity contribution is 6.04. The highest BCUT2D eigenvalue weighted by Gasteiger charge is 2.27. The van der Waals surface area contributed by atoms with E-state index in [0.717, 1.165) is 42.8 Å². The highest BCUT2D eigenvalue weighted by atomic mass is 19.1. The Morgan fingerprint density at radius 3 is 2.82 bits per heavy atom. The van der Waals surface area contributed by atoms with Crippen molar-refractivity contribution in [1.82, 2.24) is 29.3 Å². The Morgan fingerprint density at radius 2 is 2.00 bits per heavy atom. The van der Waals surface area contributed by atoms with E-state index in [2.05, 4.69) is 37.0 Å². The zero-order valence-electron chi connectivity index (χ0n) is 19.0. The second kappa shape index (κ2) is 7.86. The molecule has 172 valence electrons. The molecule has 1 aliphatic heterocycles. The van der Waals surface area contributed by atoms with Gasteiger partial charge in [0.15, 0.2) is 11.6 Å². The van der Waals surface area contributed by atoms with Crippen molar-refractivity contribution in [3.63, 3.8) is 0 Å². The molecule has 4 aromatic rings. The summed E-state index contributed by atoms with van der Waals surface area (Å²) < 4.78 is 19.3. The summed E-state index contributed by atoms with van der Waals surface area (Å²) in [6.45, 7) is 3.94. The molecule has 1 N–H and O–H groups in total. The van der Waals surface area contributed by atoms with Crippen molar-refractivity contribution in [1.29, 1.82) is 0 Å². The van der Waals surface area contributed by atoms with E-state index in [0.29, 0.717) is 35.0 Å². The lowest BCUT2D eigenvalue weighted by Crippen LogP contribution is -2.16. The Morgan fingerprint density at radius 1 is 1.15 bits per heavy atom. The second-order valence-corrected chi connectivity index (χ2v) is 9.13. The first-order valence-electron chi connectivity index (χ1n) is 11.6. The Bertz CT molecular complexity index is 1420. The molecular formula is C25H24FN7O. The van der Waals surface area contributed by atoms with Gasteiger partial charge in [0.2, 0.25) is 0 Å². The maximum absolute atomic E-state index is 15.5. The van der Waals surface area contributed by atoms with Crippen molar-refractivity contribution in [2.75, 3.05) is 5.32 Å². The number of hydrogen-bond donors (Lipinski definition) is 1. The minimum absolute atomic E-state index is 0.0496. The number of hydrogen-bond acceptors (Lipinski definition) is 5. The van der Waals surface area contributed by atoms with E-state index in [1.807, 2.05) is 19.2 Å². The first-order chi connectivity index (χ1) is 16.5. The lowest BCUT2D eigenvalue weighted by molar-refractivity contribution is 0.102. The summed E-state index contributed by atoms with van der Waals surface area (Å²) in [4.78, 5) is 22.0. The van der Waals surface area contributed by atoms with Crippen LogP contribution in [0.4, 0.5) is 10.2 Å². The first kappa shape index (κ1) is 20.7. The average Bonchev–Trinajstić information content (AvgIpc) is 3.23. The fourth-order valence-electron chi connectivity index (χ4n) is 4.62. The molecule has 0 saturated heterocycles. The van der Waals surface area contributed by atoms with Gasteiger partial charge < -0.3 is 14.5 Å². The molecule has 1 fully saturated rings. The molecule has 1 saturated carbocycles. The van der Waals surface area contributed by atoms with Crippen LogP contribution in [0.25, 0.3) is 17.2 Å². The zero-order valence-corrected chi connectivity index (χ0v) is 19.0. The topological polar surface area (TPSA) is 90.5 Å². The van der Waals surface area contributed by atoms with Crippen molar-refractivity contribution < 1.29 is 9.18 Å². The standard InChI is InChI=1S/C25H24FN7O/c1-14-6-10-17(22(26)23(14)32-12-19(27-13-32)16-8-9-16)25(34)29-20-5-3-4-18(28-20)24-31-30-21-11-7-15(2)33(21)24/h3-6,10,12-13,15-16H,7-9,11H2,1-2H3,(H,28,29,34). The molecule has 8 nitrogen and oxygen atoms in total. The van der Waals surface area contributed by atoms with Gasteiger partial charge in [-0.1, -0.05) is 12.1 Å². The van der Waals surface area contributed by atoms with Crippen molar-refractivity contribution in [2.45, 2.75) is 51.5 Å². The molecule has 1 amide bonds. The molecule has 34 heavy (non-hydrogen) atoms. The van der Waals surface area contributed by atoms with Gasteiger partial charge in [-0.05, 0) is 56.9 Å². The molecule has 0 radical (unpaired) electrons. The molecule has 3 aromatic heterocycles. The predicted octanol–water partition coefficient (Wildman–Crippen LogP) is 4.61. The van der Waals surface area contributed by atoms with Crippen molar-refractivity contribution in [3.05, 3.63) is 71.3 Å². The number of rotatable bonds is 5. The molecule has 9 heteroatoms. The van der Waals surface area contributed by atoms with Gasteiger partial charge in [-0.3, -0.25) is 4.79 Å². The van der Waals surface area contributed by atoms with Crippen LogP contribution in [0.5, 0.6) is 0 Å². The van der Waals surface area contributed by atoms with Gasteiger partial charge in [0.1, 0.15) is 17.3 Å². The maximum Gasteiger partial charge on any atom is 0.259 e. The number of halogens is 1. The molecule has 1 unspecified atom stereocenters. The molecule has 4 heterocycles. The number of aromatic nitrogens is 6. The number of benzene rings is 1. The lowest BCUT2D eigenvalue weighted by Gasteiger charge is -2.13. The summed E-state index contributed by atoms with van der Waals surface area (Å²) in [6.07, 6.45) is 7.60. The smallest absolute Gasteiger partial charge is 0.259 e. The Hall–Kier alpha value is -3.88. The number of anilines is 1. The highest BCUT2D eigenvalue weighted by Crippen LogP contribution is 2.39. The molecule has 1 aromatic carbocycles. The summed E-state index contributed by atoms with van der Waals surface area (Å²) in [7, 11) is 0. The average molecular weight is 458 g/mol. The van der Waals surface area contributed by atoms with Crippen LogP contribution in [-0.2, 0) is 6.42 Å². The van der Waals surface area contributed by atoms with Gasteiger partial charge in [-0.2, -0.15) is 0 Å². The van der Waals surface area contributed by atoms with Crippen molar-refractivity contribution in [2.24, 2.45) is 0 Å². The van der Waals surface area contributed by atoms with E-state index in [-0.39, 0.29) is 5.56 Å². The fraction of sp³-hybridized carbons (Fsp3) is 0.320. The molecule has 2 aliphatic rings. The van der Waals surface area contributed by atoms with Crippen LogP contribution in [0, 0.1) is 12.7 Å². The number of carbonyl (C=O) groups is 1. The van der Waals surface area contributed by atoms with Gasteiger partial charge in [0.05, 0.1) is 23.3 Å². The van der Waals surface area contributed by atoms with Crippen LogP contribution in [0.1, 0.15) is 65.6 Å². The Balaban J connectivity index is 1.29. The number of nitrogens with one attached hydrogen (secondary N) is 1. The largest absolute Gasteiger partial charge is 0.307 e. The number of carbonyl (C=O) groups excluding carboxylic acids is 1. The monoisotopic (exact) mass is 457 g/mol. The van der Waals surface area contributed by atoms with E-state index in [4.69, 9.17) is 0 Å². The quantitative estimate of drug-likeness (QED) is 0.473. The fourth-order valence-corrected chi connectivity index (χ4v) is 4.62. The van der Waals surface area contributed by atoms with Gasteiger partial charge in [0.25, 0.3) is 5.91 Å². The van der Waals surface area contributed by atoms with E-state index in [9.17, 15) is 4.79 Å². The number of pyridine rings is 1. The molecular weight excluding hydrogens is 433 g/mol. The molecule has 6 rings (SSSR count). The van der Waals surface area contributed by atoms with Crippen LogP contribution in [-0.4, -0.2) is 35.2 Å². The van der Waals surface area contributed by atoms with E-state index in [1.165, 1.54) is 6.07 Å². The van der Waals surface area contributed by atoms with E-state index < -0.39 is 11.7 Å². The number of nitrogens with zero attached hydrogens (tertiary/aromatic N) is 6. The van der Waals surface area contributed by atoms with Gasteiger partial charge in [-0.15, -0.1) is 10.2 Å². The number of imidazole rings is 1. The normalized spacial score (nSPS) is 17.1. The molecule has 1 aliphatic carbocycles. The summed E-state index contributed by atoms with van der Waals surface area (Å²) in [5.41, 5.74) is 2.59. The Kier molecular flexibility index (Phi) is 4.79. The van der Waals surface area contributed by atoms with Crippen molar-refractivity contribution in [3.8, 4) is 17.2 Å². The number of fused-ring (bicyclic) bond motifs is 1. The predicted molar refractivity (Wildman–Crippen MR) is 124 cm³/mol. The Labute approximate surface area is 195 Å². The summed E-state index contributed by atoms with van der Waals surface area (Å²) in [5, 5.41) is 11.3. The van der Waals surface area contributed by atoms with Crippen LogP contribution in [0.2, 0.25) is 0 Å². The molecule has 1 atom stereocenters. The molecule has 0 bridgehead atoms. The minimum Gasteiger partial charge on any atom is -0.307 e. The van der Waals surface area contributed by atoms with Crippen LogP contribution < -0.4 is 5.32 Å². The first-order valence-corrected chi connectivity index (χ1v) is 11.6. The summed E-state index contributed by atoms with van der Waals surface area (Å²) >= 11 is 0. The molecule has 0 spiro atoms. The second-order valence-electron chi connectivity index (χ2n) is 9.13. The van der Waals surface area contributed by atoms with E-state index >= 15 is 4.39 Å². The van der Waals surface area contributed by atoms with Crippen LogP contribution in [0.15, 0.2) is 42.9 Å². The summed E-state index contributed by atoms with van der Waals surface area (Å²) in [6, 6.07) is 8.84. The van der Waals surface area contributed by atoms with Gasteiger partial charge in [-0.25, -0.2) is 14.4 Å². The maximum atomic E-state index is 15.5. The third-order valence-corrected chi connectivity index (χ3v) is 6.63. The number of amides is 1. The van der Waals surface area contributed by atoms with Crippen LogP contribution in [0.3, 0.4) is 0 Å². The van der Waals surface area contributed by atoms with Gasteiger partial charge in [0, 0.05) is 24.6 Å². The number of aryl methyl sites for hydroxylation is 2. The van der Waals surface area contributed by atoms with Gasteiger partial charge >= 0.3 is 0 Å². The lowest BCUT2D eigenvalue weighted by atomic mass is 10.1. The zero-order chi connectivity index (χ0) is 23.4. The van der Waals surface area contributed by atoms with E-state index in [1.54, 1.807) is 29.1 Å². The third-order valence-electron chi connectivity index (χ3n) is 6.63. The third kappa shape index (κ3) is 3.48.